The number of hydrogen-bond acceptors (Lipinski definition) is 5. The molecule has 0 spiro atoms. The Hall–Kier alpha value is -1.90. The normalized spacial score (nSPS) is 9.90. The highest BCUT2D eigenvalue weighted by molar-refractivity contribution is 7.99. The number of ether oxygens (including phenoxy) is 1. The van der Waals surface area contributed by atoms with Gasteiger partial charge in [0.25, 0.3) is 0 Å². The lowest BCUT2D eigenvalue weighted by Gasteiger charge is -2.09. The maximum atomic E-state index is 8.86. The Morgan fingerprint density at radius 2 is 2.15 bits per heavy atom. The molecule has 0 saturated heterocycles. The van der Waals surface area contributed by atoms with Crippen LogP contribution in [0, 0.1) is 18.3 Å². The first kappa shape index (κ1) is 14.5. The minimum atomic E-state index is 0.411. The Balaban J connectivity index is 2.22. The highest BCUT2D eigenvalue weighted by atomic mass is 35.5. The number of aromatic nitrogens is 1. The number of aryl methyl sites for hydroxylation is 1. The number of pyridine rings is 1. The number of nitrogens with zero attached hydrogens (tertiary/aromatic N) is 2. The van der Waals surface area contributed by atoms with E-state index in [9.17, 15) is 0 Å². The van der Waals surface area contributed by atoms with E-state index in [-0.39, 0.29) is 0 Å². The van der Waals surface area contributed by atoms with Crippen molar-refractivity contribution in [3.63, 3.8) is 0 Å². The largest absolute Gasteiger partial charge is 0.437 e. The smallest absolute Gasteiger partial charge is 0.219 e. The summed E-state index contributed by atoms with van der Waals surface area (Å²) in [6.07, 6.45) is 1.93. The van der Waals surface area contributed by atoms with Crippen molar-refractivity contribution in [1.82, 2.24) is 4.98 Å². The van der Waals surface area contributed by atoms with Gasteiger partial charge in [-0.1, -0.05) is 23.5 Å². The van der Waals surface area contributed by atoms with Crippen LogP contribution in [-0.4, -0.2) is 11.2 Å². The van der Waals surface area contributed by atoms with Crippen LogP contribution in [0.1, 0.15) is 11.3 Å². The maximum absolute atomic E-state index is 8.86. The predicted molar refractivity (Wildman–Crippen MR) is 82.4 cm³/mol. The highest BCUT2D eigenvalue weighted by Gasteiger charge is 2.07. The fourth-order valence-electron chi connectivity index (χ4n) is 1.59. The lowest BCUT2D eigenvalue weighted by atomic mass is 10.2. The van der Waals surface area contributed by atoms with E-state index in [1.165, 1.54) is 11.9 Å². The fraction of sp³-hybridized carbons (Fsp3) is 0.143. The molecule has 4 nitrogen and oxygen atoms in total. The van der Waals surface area contributed by atoms with E-state index in [4.69, 9.17) is 21.6 Å². The van der Waals surface area contributed by atoms with E-state index in [0.29, 0.717) is 27.9 Å². The van der Waals surface area contributed by atoms with Gasteiger partial charge in [-0.25, -0.2) is 4.98 Å². The van der Waals surface area contributed by atoms with Crippen LogP contribution in [0.15, 0.2) is 30.3 Å². The molecule has 2 rings (SSSR count). The van der Waals surface area contributed by atoms with Gasteiger partial charge < -0.3 is 9.46 Å². The Bertz CT molecular complexity index is 670. The molecule has 0 aliphatic rings. The Morgan fingerprint density at radius 3 is 2.75 bits per heavy atom. The van der Waals surface area contributed by atoms with Gasteiger partial charge in [0.2, 0.25) is 5.88 Å². The first-order valence-corrected chi connectivity index (χ1v) is 7.38. The molecule has 102 valence electrons. The molecule has 6 heteroatoms. The molecule has 2 aromatic rings. The van der Waals surface area contributed by atoms with Gasteiger partial charge in [0.1, 0.15) is 11.8 Å². The van der Waals surface area contributed by atoms with E-state index in [1.807, 2.05) is 12.3 Å². The van der Waals surface area contributed by atoms with Gasteiger partial charge in [0.05, 0.1) is 16.3 Å². The quantitative estimate of drug-likeness (QED) is 0.849. The number of rotatable bonds is 4. The first-order valence-electron chi connectivity index (χ1n) is 5.78. The third-order valence-electron chi connectivity index (χ3n) is 2.55. The van der Waals surface area contributed by atoms with Crippen molar-refractivity contribution >= 4 is 29.2 Å². The summed E-state index contributed by atoms with van der Waals surface area (Å²) in [6.45, 7) is 1.76. The van der Waals surface area contributed by atoms with Crippen molar-refractivity contribution in [2.75, 3.05) is 11.0 Å². The summed E-state index contributed by atoms with van der Waals surface area (Å²) in [4.78, 5) is 4.22. The van der Waals surface area contributed by atoms with Gasteiger partial charge in [-0.15, -0.1) is 0 Å². The van der Waals surface area contributed by atoms with E-state index in [0.717, 1.165) is 5.69 Å². The third-order valence-corrected chi connectivity index (χ3v) is 3.28. The van der Waals surface area contributed by atoms with Crippen molar-refractivity contribution in [3.05, 3.63) is 46.6 Å². The molecular formula is C14H12ClN3OS. The van der Waals surface area contributed by atoms with Crippen molar-refractivity contribution < 1.29 is 4.74 Å². The second-order valence-electron chi connectivity index (χ2n) is 3.95. The third kappa shape index (κ3) is 3.35. The maximum Gasteiger partial charge on any atom is 0.219 e. The molecule has 1 N–H and O–H groups in total. The summed E-state index contributed by atoms with van der Waals surface area (Å²) in [6, 6.07) is 10.8. The number of nitrogens with one attached hydrogen (secondary N) is 1. The zero-order valence-electron chi connectivity index (χ0n) is 11.0. The second kappa shape index (κ2) is 6.51. The summed E-state index contributed by atoms with van der Waals surface area (Å²) in [5.41, 5.74) is 2.06. The van der Waals surface area contributed by atoms with Crippen LogP contribution < -0.4 is 9.46 Å². The SMILES string of the molecule is CSNc1ccc(Oc2ccc(C#N)c(C)n2)c(Cl)c1. The van der Waals surface area contributed by atoms with Crippen LogP contribution in [0.25, 0.3) is 0 Å². The molecular weight excluding hydrogens is 294 g/mol. The average Bonchev–Trinajstić information content (AvgIpc) is 2.42. The van der Waals surface area contributed by atoms with Crippen molar-refractivity contribution in [3.8, 4) is 17.7 Å². The number of hydrogen-bond donors (Lipinski definition) is 1. The van der Waals surface area contributed by atoms with Crippen LogP contribution >= 0.6 is 23.5 Å². The number of nitriles is 1. The molecule has 0 saturated carbocycles. The molecule has 0 unspecified atom stereocenters. The van der Waals surface area contributed by atoms with E-state index in [1.54, 1.807) is 31.2 Å². The zero-order valence-corrected chi connectivity index (χ0v) is 12.5. The monoisotopic (exact) mass is 305 g/mol. The first-order chi connectivity index (χ1) is 9.63. The lowest BCUT2D eigenvalue weighted by Crippen LogP contribution is -1.93. The topological polar surface area (TPSA) is 57.9 Å². The van der Waals surface area contributed by atoms with Gasteiger partial charge in [-0.05, 0) is 31.2 Å². The van der Waals surface area contributed by atoms with Gasteiger partial charge in [0.15, 0.2) is 0 Å². The summed E-state index contributed by atoms with van der Waals surface area (Å²) in [5, 5.41) is 9.36. The second-order valence-corrected chi connectivity index (χ2v) is 4.97. The van der Waals surface area contributed by atoms with Gasteiger partial charge in [-0.2, -0.15) is 5.26 Å². The summed E-state index contributed by atoms with van der Waals surface area (Å²) in [5.74, 6) is 0.934. The molecule has 0 aliphatic carbocycles. The van der Waals surface area contributed by atoms with Crippen LogP contribution in [0.2, 0.25) is 5.02 Å². The molecule has 0 amide bonds. The molecule has 0 fully saturated rings. The summed E-state index contributed by atoms with van der Waals surface area (Å²) in [7, 11) is 0. The standard InChI is InChI=1S/C14H12ClN3OS/c1-9-10(8-16)3-6-14(17-9)19-13-5-4-11(18-20-2)7-12(13)15/h3-7,18H,1-2H3. The van der Waals surface area contributed by atoms with Crippen LogP contribution in [0.5, 0.6) is 11.6 Å². The number of halogens is 1. The minimum Gasteiger partial charge on any atom is -0.437 e. The molecule has 0 radical (unpaired) electrons. The summed E-state index contributed by atoms with van der Waals surface area (Å²) >= 11 is 7.65. The van der Waals surface area contributed by atoms with Crippen LogP contribution in [0.4, 0.5) is 5.69 Å². The minimum absolute atomic E-state index is 0.411. The van der Waals surface area contributed by atoms with Gasteiger partial charge in [-0.3, -0.25) is 0 Å². The molecule has 0 aliphatic heterocycles. The Morgan fingerprint density at radius 1 is 1.35 bits per heavy atom. The lowest BCUT2D eigenvalue weighted by molar-refractivity contribution is 0.462. The van der Waals surface area contributed by atoms with Crippen molar-refractivity contribution in [2.24, 2.45) is 0 Å². The van der Waals surface area contributed by atoms with E-state index < -0.39 is 0 Å². The molecule has 1 heterocycles. The molecule has 1 aromatic carbocycles. The van der Waals surface area contributed by atoms with Crippen molar-refractivity contribution in [1.29, 1.82) is 5.26 Å². The summed E-state index contributed by atoms with van der Waals surface area (Å²) < 4.78 is 8.72. The van der Waals surface area contributed by atoms with Crippen LogP contribution in [-0.2, 0) is 0 Å². The van der Waals surface area contributed by atoms with Crippen LogP contribution in [0.3, 0.4) is 0 Å². The van der Waals surface area contributed by atoms with Gasteiger partial charge in [0, 0.05) is 18.0 Å². The van der Waals surface area contributed by atoms with Gasteiger partial charge >= 0.3 is 0 Å². The Kier molecular flexibility index (Phi) is 4.72. The fourth-order valence-corrected chi connectivity index (χ4v) is 2.17. The Labute approximate surface area is 126 Å². The molecule has 20 heavy (non-hydrogen) atoms. The average molecular weight is 306 g/mol. The van der Waals surface area contributed by atoms with E-state index >= 15 is 0 Å². The predicted octanol–water partition coefficient (Wildman–Crippen LogP) is 4.40. The number of benzene rings is 1. The van der Waals surface area contributed by atoms with E-state index in [2.05, 4.69) is 15.8 Å². The molecule has 0 atom stereocenters. The van der Waals surface area contributed by atoms with Crippen molar-refractivity contribution in [2.45, 2.75) is 6.92 Å². The highest BCUT2D eigenvalue weighted by Crippen LogP contribution is 2.31. The number of anilines is 1. The molecule has 1 aromatic heterocycles. The molecule has 0 bridgehead atoms. The zero-order chi connectivity index (χ0) is 14.5.